The SMILES string of the molecule is CC1(c2ccc(C3c4c(ccc5cc(O)ccc45)Oc4ccc5cc(O)ccc5c43)cc2)c2c(ccc3cc(O)ccc23)Oc2ccc3cc(O)ccc3c21. The summed E-state index contributed by atoms with van der Waals surface area (Å²) < 4.78 is 13.3. The first-order valence-electron chi connectivity index (χ1n) is 18.2. The molecule has 9 aromatic carbocycles. The summed E-state index contributed by atoms with van der Waals surface area (Å²) in [5.74, 6) is 3.52. The normalized spacial score (nSPS) is 14.2. The van der Waals surface area contributed by atoms with Crippen molar-refractivity contribution < 1.29 is 29.9 Å². The predicted octanol–water partition coefficient (Wildman–Crippen LogP) is 11.9. The van der Waals surface area contributed by atoms with Crippen molar-refractivity contribution in [3.8, 4) is 46.0 Å². The van der Waals surface area contributed by atoms with E-state index in [0.717, 1.165) is 99.5 Å². The minimum Gasteiger partial charge on any atom is -0.508 e. The summed E-state index contributed by atoms with van der Waals surface area (Å²) >= 11 is 0. The minimum absolute atomic E-state index is 0.194. The topological polar surface area (TPSA) is 99.4 Å². The molecule has 0 aromatic heterocycles. The highest BCUT2D eigenvalue weighted by Crippen LogP contribution is 2.57. The van der Waals surface area contributed by atoms with Crippen LogP contribution < -0.4 is 9.47 Å². The molecule has 2 aliphatic rings. The fourth-order valence-electron chi connectivity index (χ4n) is 9.35. The monoisotopic (exact) mass is 716 g/mol. The number of fused-ring (bicyclic) bond motifs is 12. The van der Waals surface area contributed by atoms with Gasteiger partial charge in [0, 0.05) is 28.2 Å². The third-order valence-corrected chi connectivity index (χ3v) is 11.8. The number of aromatic hydroxyl groups is 4. The van der Waals surface area contributed by atoms with Gasteiger partial charge in [0.1, 0.15) is 46.0 Å². The lowest BCUT2D eigenvalue weighted by Crippen LogP contribution is -2.30. The minimum atomic E-state index is -0.728. The molecule has 0 bridgehead atoms. The molecule has 2 aliphatic heterocycles. The number of benzene rings is 9. The molecule has 0 saturated carbocycles. The van der Waals surface area contributed by atoms with E-state index < -0.39 is 5.41 Å². The van der Waals surface area contributed by atoms with Crippen molar-refractivity contribution >= 4 is 43.1 Å². The second-order valence-corrected chi connectivity index (χ2v) is 14.8. The van der Waals surface area contributed by atoms with Crippen LogP contribution in [0.15, 0.2) is 146 Å². The van der Waals surface area contributed by atoms with Crippen molar-refractivity contribution in [2.75, 3.05) is 0 Å². The average molecular weight is 717 g/mol. The molecule has 6 heteroatoms. The number of hydrogen-bond acceptors (Lipinski definition) is 6. The van der Waals surface area contributed by atoms with Gasteiger partial charge in [-0.25, -0.2) is 0 Å². The van der Waals surface area contributed by atoms with E-state index in [0.29, 0.717) is 0 Å². The van der Waals surface area contributed by atoms with Crippen LogP contribution in [0.2, 0.25) is 0 Å². The molecule has 0 radical (unpaired) electrons. The molecule has 0 spiro atoms. The molecule has 9 aromatic rings. The summed E-state index contributed by atoms with van der Waals surface area (Å²) in [5.41, 5.74) is 5.35. The Morgan fingerprint density at radius 1 is 0.400 bits per heavy atom. The highest BCUT2D eigenvalue weighted by molar-refractivity contribution is 5.98. The van der Waals surface area contributed by atoms with Gasteiger partial charge in [0.25, 0.3) is 0 Å². The van der Waals surface area contributed by atoms with Gasteiger partial charge in [-0.2, -0.15) is 0 Å². The standard InChI is InChI=1S/C49H32O6/c1-49(47-38-16-12-34(52)24-29(38)6-20-42(47)55-43-21-7-30-25-35(53)13-17-39(30)48(43)49)31-8-2-26(3-9-31)44-45-36-14-10-32(50)22-27(36)4-18-40(45)54-41-19-5-28-23-33(51)11-15-37(28)46(41)44/h2-25,44,50-53H,1H3. The van der Waals surface area contributed by atoms with Crippen LogP contribution in [0.4, 0.5) is 0 Å². The van der Waals surface area contributed by atoms with Gasteiger partial charge in [0.05, 0.1) is 5.41 Å². The predicted molar refractivity (Wildman–Crippen MR) is 216 cm³/mol. The number of phenolic OH excluding ortho intramolecular Hbond substituents is 4. The van der Waals surface area contributed by atoms with E-state index in [2.05, 4.69) is 31.2 Å². The summed E-state index contributed by atoms with van der Waals surface area (Å²) in [6.07, 6.45) is 0. The molecule has 264 valence electrons. The Morgan fingerprint density at radius 3 is 1.20 bits per heavy atom. The first-order valence-corrected chi connectivity index (χ1v) is 18.2. The molecule has 0 saturated heterocycles. The number of hydrogen-bond donors (Lipinski definition) is 4. The summed E-state index contributed by atoms with van der Waals surface area (Å²) in [7, 11) is 0. The van der Waals surface area contributed by atoms with E-state index in [4.69, 9.17) is 9.47 Å². The van der Waals surface area contributed by atoms with E-state index in [1.54, 1.807) is 48.5 Å². The fourth-order valence-corrected chi connectivity index (χ4v) is 9.35. The number of phenols is 4. The Hall–Kier alpha value is -7.18. The van der Waals surface area contributed by atoms with Crippen LogP contribution in [0.1, 0.15) is 46.2 Å². The largest absolute Gasteiger partial charge is 0.508 e. The van der Waals surface area contributed by atoms with E-state index >= 15 is 0 Å². The lowest BCUT2D eigenvalue weighted by atomic mass is 9.66. The third-order valence-electron chi connectivity index (χ3n) is 11.8. The van der Waals surface area contributed by atoms with Crippen molar-refractivity contribution in [3.05, 3.63) is 179 Å². The van der Waals surface area contributed by atoms with Gasteiger partial charge in [0.15, 0.2) is 0 Å². The van der Waals surface area contributed by atoms with Gasteiger partial charge in [-0.05, 0) is 134 Å². The lowest BCUT2D eigenvalue weighted by molar-refractivity contribution is 0.431. The molecule has 55 heavy (non-hydrogen) atoms. The Labute approximate surface area is 315 Å². The van der Waals surface area contributed by atoms with Gasteiger partial charge in [0.2, 0.25) is 0 Å². The molecular formula is C49H32O6. The Morgan fingerprint density at radius 2 is 0.764 bits per heavy atom. The van der Waals surface area contributed by atoms with Crippen molar-refractivity contribution in [1.82, 2.24) is 0 Å². The van der Waals surface area contributed by atoms with E-state index in [1.165, 1.54) is 0 Å². The third kappa shape index (κ3) is 4.48. The van der Waals surface area contributed by atoms with Gasteiger partial charge < -0.3 is 29.9 Å². The van der Waals surface area contributed by atoms with Crippen LogP contribution in [0.3, 0.4) is 0 Å². The zero-order valence-electron chi connectivity index (χ0n) is 29.5. The molecule has 0 unspecified atom stereocenters. The maximum atomic E-state index is 10.5. The van der Waals surface area contributed by atoms with Crippen LogP contribution >= 0.6 is 0 Å². The van der Waals surface area contributed by atoms with Crippen LogP contribution in [-0.2, 0) is 5.41 Å². The first kappa shape index (κ1) is 31.4. The molecule has 0 fully saturated rings. The highest BCUT2D eigenvalue weighted by atomic mass is 16.5. The Kier molecular flexibility index (Phi) is 6.37. The van der Waals surface area contributed by atoms with E-state index in [-0.39, 0.29) is 28.9 Å². The van der Waals surface area contributed by atoms with E-state index in [9.17, 15) is 20.4 Å². The maximum Gasteiger partial charge on any atom is 0.132 e. The lowest BCUT2D eigenvalue weighted by Gasteiger charge is -2.40. The molecule has 2 heterocycles. The second-order valence-electron chi connectivity index (χ2n) is 14.8. The van der Waals surface area contributed by atoms with Crippen molar-refractivity contribution in [2.24, 2.45) is 0 Å². The quantitative estimate of drug-likeness (QED) is 0.142. The van der Waals surface area contributed by atoms with Gasteiger partial charge in [-0.3, -0.25) is 0 Å². The summed E-state index contributed by atoms with van der Waals surface area (Å²) in [6, 6.07) is 46.5. The molecule has 4 N–H and O–H groups in total. The molecule has 0 atom stereocenters. The van der Waals surface area contributed by atoms with Gasteiger partial charge in [-0.15, -0.1) is 0 Å². The van der Waals surface area contributed by atoms with Gasteiger partial charge >= 0.3 is 0 Å². The first-order chi connectivity index (χ1) is 26.7. The van der Waals surface area contributed by atoms with Crippen molar-refractivity contribution in [3.63, 3.8) is 0 Å². The summed E-state index contributed by atoms with van der Waals surface area (Å²) in [5, 5.41) is 49.3. The molecule has 11 rings (SSSR count). The Bertz CT molecular complexity index is 2930. The van der Waals surface area contributed by atoms with Crippen LogP contribution in [0.5, 0.6) is 46.0 Å². The zero-order chi connectivity index (χ0) is 37.2. The smallest absolute Gasteiger partial charge is 0.132 e. The van der Waals surface area contributed by atoms with Crippen molar-refractivity contribution in [1.29, 1.82) is 0 Å². The Balaban J connectivity index is 1.18. The molecular weight excluding hydrogens is 685 g/mol. The highest BCUT2D eigenvalue weighted by Gasteiger charge is 2.43. The zero-order valence-corrected chi connectivity index (χ0v) is 29.5. The average Bonchev–Trinajstić information content (AvgIpc) is 3.19. The molecule has 0 aliphatic carbocycles. The number of ether oxygens (including phenoxy) is 2. The van der Waals surface area contributed by atoms with Gasteiger partial charge in [-0.1, -0.05) is 72.8 Å². The van der Waals surface area contributed by atoms with Crippen molar-refractivity contribution in [2.45, 2.75) is 18.3 Å². The molecule has 0 amide bonds. The molecule has 6 nitrogen and oxygen atoms in total. The van der Waals surface area contributed by atoms with Crippen LogP contribution in [0, 0.1) is 0 Å². The maximum absolute atomic E-state index is 10.5. The van der Waals surface area contributed by atoms with E-state index in [1.807, 2.05) is 72.8 Å². The second kappa shape index (κ2) is 11.2. The summed E-state index contributed by atoms with van der Waals surface area (Å²) in [6.45, 7) is 2.24. The fraction of sp³-hybridized carbons (Fsp3) is 0.0612. The van der Waals surface area contributed by atoms with Crippen LogP contribution in [-0.4, -0.2) is 20.4 Å². The van der Waals surface area contributed by atoms with Crippen LogP contribution in [0.25, 0.3) is 43.1 Å². The summed E-state index contributed by atoms with van der Waals surface area (Å²) in [4.78, 5) is 0. The number of rotatable bonds is 2.